The van der Waals surface area contributed by atoms with E-state index in [0.29, 0.717) is 15.9 Å². The molecule has 3 rings (SSSR count). The maximum atomic E-state index is 6.04. The number of hydrogen-bond acceptors (Lipinski definition) is 2. The minimum absolute atomic E-state index is 0.0176. The monoisotopic (exact) mass is 357 g/mol. The summed E-state index contributed by atoms with van der Waals surface area (Å²) < 4.78 is 6.91. The second kappa shape index (κ2) is 5.31. The summed E-state index contributed by atoms with van der Waals surface area (Å²) in [5.74, 6) is 0.700. The summed E-state index contributed by atoms with van der Waals surface area (Å²) in [6, 6.07) is 7.65. The van der Waals surface area contributed by atoms with Crippen LogP contribution in [0.15, 0.2) is 34.9 Å². The van der Waals surface area contributed by atoms with E-state index in [1.54, 1.807) is 12.3 Å². The van der Waals surface area contributed by atoms with Crippen molar-refractivity contribution >= 4 is 39.1 Å². The van der Waals surface area contributed by atoms with Crippen molar-refractivity contribution in [1.82, 2.24) is 4.98 Å². The van der Waals surface area contributed by atoms with Crippen LogP contribution in [-0.2, 0) is 6.42 Å². The Morgan fingerprint density at radius 3 is 2.84 bits per heavy atom. The van der Waals surface area contributed by atoms with Gasteiger partial charge >= 0.3 is 0 Å². The van der Waals surface area contributed by atoms with Gasteiger partial charge < -0.3 is 4.74 Å². The standard InChI is InChI=1S/C14H10BrCl2NO/c15-10-5-9-2-4-13(19-14(9)18-7-10)8-1-3-11(16)12(17)6-8/h1,3,5-7,13H,2,4H2/t13-/m1/s1. The summed E-state index contributed by atoms with van der Waals surface area (Å²) >= 11 is 15.4. The molecule has 2 heterocycles. The number of ether oxygens (including phenoxy) is 1. The minimum Gasteiger partial charge on any atom is -0.469 e. The summed E-state index contributed by atoms with van der Waals surface area (Å²) in [5.41, 5.74) is 2.16. The largest absolute Gasteiger partial charge is 0.469 e. The van der Waals surface area contributed by atoms with Crippen LogP contribution in [0.1, 0.15) is 23.7 Å². The number of halogens is 3. The third-order valence-electron chi connectivity index (χ3n) is 3.14. The molecule has 0 saturated carbocycles. The molecule has 0 bridgehead atoms. The van der Waals surface area contributed by atoms with Crippen LogP contribution >= 0.6 is 39.1 Å². The molecule has 5 heteroatoms. The van der Waals surface area contributed by atoms with Gasteiger partial charge in [0.2, 0.25) is 5.88 Å². The van der Waals surface area contributed by atoms with Gasteiger partial charge in [0.05, 0.1) is 10.0 Å². The second-order valence-corrected chi connectivity index (χ2v) is 6.17. The van der Waals surface area contributed by atoms with Gasteiger partial charge in [-0.15, -0.1) is 0 Å². The highest BCUT2D eigenvalue weighted by Crippen LogP contribution is 2.36. The van der Waals surface area contributed by atoms with E-state index >= 15 is 0 Å². The number of aromatic nitrogens is 1. The zero-order chi connectivity index (χ0) is 13.4. The quantitative estimate of drug-likeness (QED) is 0.697. The molecule has 0 aliphatic carbocycles. The van der Waals surface area contributed by atoms with Gasteiger partial charge in [-0.25, -0.2) is 4.98 Å². The van der Waals surface area contributed by atoms with Crippen LogP contribution in [-0.4, -0.2) is 4.98 Å². The Morgan fingerprint density at radius 2 is 2.05 bits per heavy atom. The molecule has 1 aromatic carbocycles. The van der Waals surface area contributed by atoms with Crippen LogP contribution in [0.4, 0.5) is 0 Å². The number of pyridine rings is 1. The first-order chi connectivity index (χ1) is 9.13. The predicted octanol–water partition coefficient (Wildman–Crippen LogP) is 5.22. The SMILES string of the molecule is Clc1ccc([C@H]2CCc3cc(Br)cnc3O2)cc1Cl. The average Bonchev–Trinajstić information content (AvgIpc) is 2.41. The minimum atomic E-state index is -0.0176. The Kier molecular flexibility index (Phi) is 3.70. The molecule has 98 valence electrons. The highest BCUT2D eigenvalue weighted by Gasteiger charge is 2.23. The summed E-state index contributed by atoms with van der Waals surface area (Å²) in [4.78, 5) is 4.31. The van der Waals surface area contributed by atoms with Crippen molar-refractivity contribution in [3.05, 3.63) is 56.1 Å². The van der Waals surface area contributed by atoms with E-state index in [1.165, 1.54) is 0 Å². The van der Waals surface area contributed by atoms with Crippen LogP contribution in [0, 0.1) is 0 Å². The van der Waals surface area contributed by atoms with Crippen LogP contribution in [0.25, 0.3) is 0 Å². The molecule has 1 aromatic heterocycles. The molecule has 2 nitrogen and oxygen atoms in total. The molecule has 0 saturated heterocycles. The molecule has 0 amide bonds. The third-order valence-corrected chi connectivity index (χ3v) is 4.31. The molecule has 0 N–H and O–H groups in total. The molecule has 1 aliphatic heterocycles. The fourth-order valence-electron chi connectivity index (χ4n) is 2.18. The van der Waals surface area contributed by atoms with Gasteiger partial charge in [-0.05, 0) is 52.5 Å². The molecule has 1 atom stereocenters. The zero-order valence-corrected chi connectivity index (χ0v) is 13.0. The average molecular weight is 359 g/mol. The van der Waals surface area contributed by atoms with E-state index in [-0.39, 0.29) is 6.10 Å². The lowest BCUT2D eigenvalue weighted by Crippen LogP contribution is -2.16. The van der Waals surface area contributed by atoms with Crippen LogP contribution in [0.2, 0.25) is 10.0 Å². The van der Waals surface area contributed by atoms with Crippen molar-refractivity contribution in [2.24, 2.45) is 0 Å². The number of rotatable bonds is 1. The Morgan fingerprint density at radius 1 is 1.21 bits per heavy atom. The molecular formula is C14H10BrCl2NO. The summed E-state index contributed by atoms with van der Waals surface area (Å²) in [6.07, 6.45) is 3.57. The highest BCUT2D eigenvalue weighted by molar-refractivity contribution is 9.10. The first-order valence-corrected chi connectivity index (χ1v) is 7.44. The van der Waals surface area contributed by atoms with Crippen molar-refractivity contribution in [3.63, 3.8) is 0 Å². The normalized spacial score (nSPS) is 17.7. The molecule has 1 aliphatic rings. The van der Waals surface area contributed by atoms with Crippen molar-refractivity contribution < 1.29 is 4.74 Å². The maximum Gasteiger partial charge on any atom is 0.217 e. The van der Waals surface area contributed by atoms with E-state index in [9.17, 15) is 0 Å². The number of aryl methyl sites for hydroxylation is 1. The van der Waals surface area contributed by atoms with Crippen LogP contribution in [0.5, 0.6) is 5.88 Å². The summed E-state index contributed by atoms with van der Waals surface area (Å²) in [7, 11) is 0. The number of nitrogens with zero attached hydrogens (tertiary/aromatic N) is 1. The Labute approximate surface area is 129 Å². The molecule has 0 radical (unpaired) electrons. The summed E-state index contributed by atoms with van der Waals surface area (Å²) in [6.45, 7) is 0. The smallest absolute Gasteiger partial charge is 0.217 e. The lowest BCUT2D eigenvalue weighted by molar-refractivity contribution is 0.168. The van der Waals surface area contributed by atoms with E-state index in [2.05, 4.69) is 20.9 Å². The van der Waals surface area contributed by atoms with Gasteiger partial charge in [-0.3, -0.25) is 0 Å². The Hall–Kier alpha value is -0.770. The van der Waals surface area contributed by atoms with Gasteiger partial charge in [0.1, 0.15) is 6.10 Å². The topological polar surface area (TPSA) is 22.1 Å². The summed E-state index contributed by atoms with van der Waals surface area (Å²) in [5, 5.41) is 1.11. The first-order valence-electron chi connectivity index (χ1n) is 5.89. The zero-order valence-electron chi connectivity index (χ0n) is 9.87. The van der Waals surface area contributed by atoms with Crippen molar-refractivity contribution in [1.29, 1.82) is 0 Å². The van der Waals surface area contributed by atoms with Gasteiger partial charge in [-0.1, -0.05) is 29.3 Å². The molecule has 19 heavy (non-hydrogen) atoms. The maximum absolute atomic E-state index is 6.04. The lowest BCUT2D eigenvalue weighted by Gasteiger charge is -2.25. The number of fused-ring (bicyclic) bond motifs is 1. The number of benzene rings is 1. The van der Waals surface area contributed by atoms with Crippen molar-refractivity contribution in [2.75, 3.05) is 0 Å². The van der Waals surface area contributed by atoms with Crippen LogP contribution < -0.4 is 4.74 Å². The van der Waals surface area contributed by atoms with E-state index < -0.39 is 0 Å². The molecule has 0 unspecified atom stereocenters. The first kappa shape index (κ1) is 13.2. The molecular weight excluding hydrogens is 349 g/mol. The van der Waals surface area contributed by atoms with Crippen molar-refractivity contribution in [3.8, 4) is 5.88 Å². The van der Waals surface area contributed by atoms with E-state index in [0.717, 1.165) is 28.4 Å². The van der Waals surface area contributed by atoms with Crippen LogP contribution in [0.3, 0.4) is 0 Å². The predicted molar refractivity (Wildman–Crippen MR) is 80.1 cm³/mol. The van der Waals surface area contributed by atoms with E-state index in [4.69, 9.17) is 27.9 Å². The van der Waals surface area contributed by atoms with Gasteiger partial charge in [-0.2, -0.15) is 0 Å². The van der Waals surface area contributed by atoms with Gasteiger partial charge in [0, 0.05) is 16.2 Å². The Balaban J connectivity index is 1.89. The van der Waals surface area contributed by atoms with Gasteiger partial charge in [0.25, 0.3) is 0 Å². The van der Waals surface area contributed by atoms with E-state index in [1.807, 2.05) is 18.2 Å². The fourth-order valence-corrected chi connectivity index (χ4v) is 2.87. The molecule has 2 aromatic rings. The van der Waals surface area contributed by atoms with Gasteiger partial charge in [0.15, 0.2) is 0 Å². The lowest BCUT2D eigenvalue weighted by atomic mass is 9.99. The molecule has 0 spiro atoms. The third kappa shape index (κ3) is 2.73. The Bertz CT molecular complexity index is 633. The number of hydrogen-bond donors (Lipinski definition) is 0. The fraction of sp³-hybridized carbons (Fsp3) is 0.214. The molecule has 0 fully saturated rings. The highest BCUT2D eigenvalue weighted by atomic mass is 79.9. The second-order valence-electron chi connectivity index (χ2n) is 4.44. The van der Waals surface area contributed by atoms with Crippen molar-refractivity contribution in [2.45, 2.75) is 18.9 Å².